The van der Waals surface area contributed by atoms with E-state index >= 15 is 0 Å². The van der Waals surface area contributed by atoms with Crippen LogP contribution in [0.3, 0.4) is 0 Å². The third-order valence-electron chi connectivity index (χ3n) is 3.99. The number of carboxylic acid groups (broad SMARTS) is 1. The number of hydrogen-bond acceptors (Lipinski definition) is 3. The van der Waals surface area contributed by atoms with E-state index < -0.39 is 12.0 Å². The molecule has 0 fully saturated rings. The minimum Gasteiger partial charge on any atom is -0.481 e. The second kappa shape index (κ2) is 7.29. The van der Waals surface area contributed by atoms with Crippen molar-refractivity contribution in [2.75, 3.05) is 0 Å². The SMILES string of the molecule is Cc1ccccc1[C@@H](CC(=O)O)NC(=O)c1cc(C(C)C)n(C)n1. The minimum atomic E-state index is -0.965. The normalized spacial score (nSPS) is 12.2. The molecule has 0 aliphatic rings. The van der Waals surface area contributed by atoms with Crippen LogP contribution in [-0.4, -0.2) is 26.8 Å². The topological polar surface area (TPSA) is 84.2 Å². The number of carbonyl (C=O) groups is 2. The first-order valence-electron chi connectivity index (χ1n) is 7.91. The summed E-state index contributed by atoms with van der Waals surface area (Å²) in [4.78, 5) is 23.7. The maximum atomic E-state index is 12.5. The molecule has 1 aromatic heterocycles. The van der Waals surface area contributed by atoms with E-state index in [2.05, 4.69) is 10.4 Å². The second-order valence-electron chi connectivity index (χ2n) is 6.21. The Kier molecular flexibility index (Phi) is 5.39. The van der Waals surface area contributed by atoms with Crippen LogP contribution in [0, 0.1) is 6.92 Å². The molecule has 0 bridgehead atoms. The molecule has 0 unspecified atom stereocenters. The Morgan fingerprint density at radius 2 is 1.96 bits per heavy atom. The molecule has 6 heteroatoms. The molecule has 0 saturated carbocycles. The summed E-state index contributed by atoms with van der Waals surface area (Å²) in [7, 11) is 1.79. The van der Waals surface area contributed by atoms with Gasteiger partial charge in [0, 0.05) is 12.7 Å². The third-order valence-corrected chi connectivity index (χ3v) is 3.99. The molecule has 1 amide bonds. The average Bonchev–Trinajstić information content (AvgIpc) is 2.89. The highest BCUT2D eigenvalue weighted by molar-refractivity contribution is 5.93. The van der Waals surface area contributed by atoms with Gasteiger partial charge in [0.15, 0.2) is 0 Å². The van der Waals surface area contributed by atoms with Crippen molar-refractivity contribution in [2.24, 2.45) is 7.05 Å². The van der Waals surface area contributed by atoms with E-state index in [-0.39, 0.29) is 18.2 Å². The first-order chi connectivity index (χ1) is 11.3. The summed E-state index contributed by atoms with van der Waals surface area (Å²) in [6, 6.07) is 8.60. The predicted octanol–water partition coefficient (Wildman–Crippen LogP) is 2.80. The summed E-state index contributed by atoms with van der Waals surface area (Å²) in [6.45, 7) is 5.95. The van der Waals surface area contributed by atoms with Gasteiger partial charge in [0.2, 0.25) is 0 Å². The van der Waals surface area contributed by atoms with Crippen molar-refractivity contribution < 1.29 is 14.7 Å². The molecule has 0 aliphatic heterocycles. The van der Waals surface area contributed by atoms with Crippen LogP contribution in [-0.2, 0) is 11.8 Å². The molecule has 2 rings (SSSR count). The molecular weight excluding hydrogens is 306 g/mol. The molecule has 2 aromatic rings. The average molecular weight is 329 g/mol. The Bertz CT molecular complexity index is 750. The van der Waals surface area contributed by atoms with Crippen molar-refractivity contribution in [2.45, 2.75) is 39.2 Å². The van der Waals surface area contributed by atoms with Gasteiger partial charge in [-0.3, -0.25) is 14.3 Å². The number of nitrogens with zero attached hydrogens (tertiary/aromatic N) is 2. The number of aryl methyl sites for hydroxylation is 2. The van der Waals surface area contributed by atoms with Crippen molar-refractivity contribution in [1.82, 2.24) is 15.1 Å². The molecule has 1 aromatic carbocycles. The summed E-state index contributed by atoms with van der Waals surface area (Å²) in [5.74, 6) is -1.09. The zero-order chi connectivity index (χ0) is 17.9. The number of aromatic nitrogens is 2. The van der Waals surface area contributed by atoms with Crippen LogP contribution in [0.25, 0.3) is 0 Å². The molecular formula is C18H23N3O3. The predicted molar refractivity (Wildman–Crippen MR) is 90.9 cm³/mol. The summed E-state index contributed by atoms with van der Waals surface area (Å²) < 4.78 is 1.68. The lowest BCUT2D eigenvalue weighted by Gasteiger charge is -2.18. The lowest BCUT2D eigenvalue weighted by Crippen LogP contribution is -2.31. The Balaban J connectivity index is 2.26. The van der Waals surface area contributed by atoms with Crippen LogP contribution in [0.15, 0.2) is 30.3 Å². The van der Waals surface area contributed by atoms with Gasteiger partial charge in [-0.25, -0.2) is 0 Å². The molecule has 1 atom stereocenters. The summed E-state index contributed by atoms with van der Waals surface area (Å²) in [5, 5.41) is 16.2. The maximum Gasteiger partial charge on any atom is 0.305 e. The van der Waals surface area contributed by atoms with Crippen LogP contribution >= 0.6 is 0 Å². The van der Waals surface area contributed by atoms with E-state index in [1.54, 1.807) is 17.8 Å². The van der Waals surface area contributed by atoms with Gasteiger partial charge in [0.1, 0.15) is 5.69 Å². The molecule has 2 N–H and O–H groups in total. The Labute approximate surface area is 141 Å². The summed E-state index contributed by atoms with van der Waals surface area (Å²) in [5.41, 5.74) is 2.98. The van der Waals surface area contributed by atoms with E-state index in [0.717, 1.165) is 16.8 Å². The van der Waals surface area contributed by atoms with E-state index in [9.17, 15) is 9.59 Å². The van der Waals surface area contributed by atoms with Gasteiger partial charge in [-0.15, -0.1) is 0 Å². The molecule has 0 radical (unpaired) electrons. The molecule has 6 nitrogen and oxygen atoms in total. The molecule has 0 spiro atoms. The Hall–Kier alpha value is -2.63. The van der Waals surface area contributed by atoms with Gasteiger partial charge >= 0.3 is 5.97 Å². The number of nitrogens with one attached hydrogen (secondary N) is 1. The van der Waals surface area contributed by atoms with Gasteiger partial charge in [-0.05, 0) is 30.0 Å². The molecule has 1 heterocycles. The zero-order valence-electron chi connectivity index (χ0n) is 14.4. The highest BCUT2D eigenvalue weighted by Crippen LogP contribution is 2.22. The fourth-order valence-corrected chi connectivity index (χ4v) is 2.76. The number of benzene rings is 1. The lowest BCUT2D eigenvalue weighted by molar-refractivity contribution is -0.137. The fraction of sp³-hybridized carbons (Fsp3) is 0.389. The highest BCUT2D eigenvalue weighted by Gasteiger charge is 2.22. The highest BCUT2D eigenvalue weighted by atomic mass is 16.4. The quantitative estimate of drug-likeness (QED) is 0.853. The van der Waals surface area contributed by atoms with Crippen molar-refractivity contribution in [1.29, 1.82) is 0 Å². The van der Waals surface area contributed by atoms with Crippen LogP contribution in [0.1, 0.15) is 59.5 Å². The van der Waals surface area contributed by atoms with Crippen LogP contribution < -0.4 is 5.32 Å². The molecule has 128 valence electrons. The van der Waals surface area contributed by atoms with Crippen molar-refractivity contribution in [3.63, 3.8) is 0 Å². The Morgan fingerprint density at radius 3 is 2.50 bits per heavy atom. The summed E-state index contributed by atoms with van der Waals surface area (Å²) >= 11 is 0. The maximum absolute atomic E-state index is 12.5. The van der Waals surface area contributed by atoms with E-state index in [1.807, 2.05) is 45.0 Å². The number of carbonyl (C=O) groups excluding carboxylic acids is 1. The van der Waals surface area contributed by atoms with E-state index in [1.165, 1.54) is 0 Å². The molecule has 24 heavy (non-hydrogen) atoms. The smallest absolute Gasteiger partial charge is 0.305 e. The lowest BCUT2D eigenvalue weighted by atomic mass is 9.98. The number of amides is 1. The minimum absolute atomic E-state index is 0.180. The Morgan fingerprint density at radius 1 is 1.29 bits per heavy atom. The number of hydrogen-bond donors (Lipinski definition) is 2. The first kappa shape index (κ1) is 17.7. The van der Waals surface area contributed by atoms with Crippen LogP contribution in [0.5, 0.6) is 0 Å². The second-order valence-corrected chi connectivity index (χ2v) is 6.21. The number of carboxylic acids is 1. The zero-order valence-corrected chi connectivity index (χ0v) is 14.4. The van der Waals surface area contributed by atoms with E-state index in [0.29, 0.717) is 5.69 Å². The number of aliphatic carboxylic acids is 1. The fourth-order valence-electron chi connectivity index (χ4n) is 2.76. The van der Waals surface area contributed by atoms with Gasteiger partial charge < -0.3 is 10.4 Å². The molecule has 0 aliphatic carbocycles. The monoisotopic (exact) mass is 329 g/mol. The first-order valence-corrected chi connectivity index (χ1v) is 7.91. The third kappa shape index (κ3) is 4.01. The van der Waals surface area contributed by atoms with Crippen molar-refractivity contribution in [3.8, 4) is 0 Å². The van der Waals surface area contributed by atoms with Gasteiger partial charge in [-0.2, -0.15) is 5.10 Å². The van der Waals surface area contributed by atoms with Gasteiger partial charge in [0.05, 0.1) is 12.5 Å². The van der Waals surface area contributed by atoms with Crippen molar-refractivity contribution in [3.05, 3.63) is 52.8 Å². The van der Waals surface area contributed by atoms with Gasteiger partial charge in [0.25, 0.3) is 5.91 Å². The summed E-state index contributed by atoms with van der Waals surface area (Å²) in [6.07, 6.45) is -0.180. The largest absolute Gasteiger partial charge is 0.481 e. The molecule has 0 saturated heterocycles. The standard InChI is InChI=1S/C18H23N3O3/c1-11(2)16-9-15(20-21(16)4)18(24)19-14(10-17(22)23)13-8-6-5-7-12(13)3/h5-9,11,14H,10H2,1-4H3,(H,19,24)(H,22,23)/t14-/m1/s1. The number of rotatable bonds is 6. The van der Waals surface area contributed by atoms with Crippen LogP contribution in [0.4, 0.5) is 0 Å². The van der Waals surface area contributed by atoms with Gasteiger partial charge in [-0.1, -0.05) is 38.1 Å². The van der Waals surface area contributed by atoms with Crippen molar-refractivity contribution >= 4 is 11.9 Å². The van der Waals surface area contributed by atoms with E-state index in [4.69, 9.17) is 5.11 Å². The van der Waals surface area contributed by atoms with Crippen LogP contribution in [0.2, 0.25) is 0 Å².